The van der Waals surface area contributed by atoms with E-state index >= 15 is 0 Å². The predicted molar refractivity (Wildman–Crippen MR) is 62.3 cm³/mol. The van der Waals surface area contributed by atoms with E-state index in [2.05, 4.69) is 5.10 Å². The molecule has 0 saturated carbocycles. The summed E-state index contributed by atoms with van der Waals surface area (Å²) in [6.07, 6.45) is 3.58. The molecule has 0 unspecified atom stereocenters. The van der Waals surface area contributed by atoms with E-state index in [1.807, 2.05) is 16.9 Å². The Morgan fingerprint density at radius 1 is 1.59 bits per heavy atom. The van der Waals surface area contributed by atoms with Gasteiger partial charge in [0.25, 0.3) is 0 Å². The van der Waals surface area contributed by atoms with Gasteiger partial charge in [0.05, 0.1) is 18.2 Å². The molecule has 1 fully saturated rings. The molecular formula is C11H18N4O2. The zero-order valence-electron chi connectivity index (χ0n) is 10.1. The highest BCUT2D eigenvalue weighted by Crippen LogP contribution is 2.24. The third-order valence-corrected chi connectivity index (χ3v) is 3.11. The first-order valence-corrected chi connectivity index (χ1v) is 5.69. The van der Waals surface area contributed by atoms with Gasteiger partial charge >= 0.3 is 0 Å². The summed E-state index contributed by atoms with van der Waals surface area (Å²) in [6, 6.07) is 1.46. The van der Waals surface area contributed by atoms with Crippen LogP contribution in [0.1, 0.15) is 13.0 Å². The summed E-state index contributed by atoms with van der Waals surface area (Å²) in [4.78, 5) is 13.6. The molecule has 1 aliphatic rings. The first-order chi connectivity index (χ1) is 8.13. The maximum atomic E-state index is 11.8. The van der Waals surface area contributed by atoms with Crippen LogP contribution >= 0.6 is 0 Å². The van der Waals surface area contributed by atoms with Crippen molar-refractivity contribution in [2.45, 2.75) is 25.1 Å². The van der Waals surface area contributed by atoms with Crippen molar-refractivity contribution in [2.75, 3.05) is 20.2 Å². The number of hydrogen-bond acceptors (Lipinski definition) is 4. The second kappa shape index (κ2) is 4.85. The van der Waals surface area contributed by atoms with E-state index in [9.17, 15) is 4.79 Å². The van der Waals surface area contributed by atoms with E-state index in [-0.39, 0.29) is 18.1 Å². The number of aromatic nitrogens is 2. The Balaban J connectivity index is 2.11. The van der Waals surface area contributed by atoms with Crippen molar-refractivity contribution in [3.05, 3.63) is 18.5 Å². The van der Waals surface area contributed by atoms with E-state index in [1.54, 1.807) is 25.1 Å². The van der Waals surface area contributed by atoms with Crippen LogP contribution in [0.3, 0.4) is 0 Å². The highest BCUT2D eigenvalue weighted by atomic mass is 16.5. The van der Waals surface area contributed by atoms with Crippen LogP contribution in [-0.2, 0) is 9.53 Å². The molecule has 1 amide bonds. The Kier molecular flexibility index (Phi) is 3.44. The van der Waals surface area contributed by atoms with Gasteiger partial charge in [-0.1, -0.05) is 0 Å². The molecule has 1 saturated heterocycles. The van der Waals surface area contributed by atoms with Gasteiger partial charge in [-0.05, 0) is 13.0 Å². The van der Waals surface area contributed by atoms with Gasteiger partial charge in [0, 0.05) is 32.6 Å². The van der Waals surface area contributed by atoms with E-state index in [0.29, 0.717) is 13.1 Å². The minimum atomic E-state index is -0.469. The van der Waals surface area contributed by atoms with Gasteiger partial charge in [-0.15, -0.1) is 0 Å². The maximum absolute atomic E-state index is 11.8. The number of hydrogen-bond donors (Lipinski definition) is 1. The molecule has 94 valence electrons. The number of rotatable bonds is 3. The molecule has 17 heavy (non-hydrogen) atoms. The van der Waals surface area contributed by atoms with E-state index < -0.39 is 6.04 Å². The molecule has 0 aliphatic carbocycles. The standard InChI is InChI=1S/C11H18N4O2/c1-8(12)11(16)14-6-9(10(7-14)17-2)15-5-3-4-13-15/h3-5,8-10H,6-7,12H2,1-2H3/t8-,9-,10-/m1/s1. The summed E-state index contributed by atoms with van der Waals surface area (Å²) in [5, 5.41) is 4.20. The fourth-order valence-corrected chi connectivity index (χ4v) is 2.19. The van der Waals surface area contributed by atoms with Crippen LogP contribution in [0.15, 0.2) is 18.5 Å². The van der Waals surface area contributed by atoms with Crippen molar-refractivity contribution >= 4 is 5.91 Å². The van der Waals surface area contributed by atoms with Crippen LogP contribution in [0.5, 0.6) is 0 Å². The minimum absolute atomic E-state index is 0.0300. The fourth-order valence-electron chi connectivity index (χ4n) is 2.19. The number of ether oxygens (including phenoxy) is 1. The summed E-state index contributed by atoms with van der Waals surface area (Å²) in [5.74, 6) is -0.0401. The summed E-state index contributed by atoms with van der Waals surface area (Å²) in [7, 11) is 1.65. The number of nitrogens with two attached hydrogens (primary N) is 1. The third kappa shape index (κ3) is 2.32. The van der Waals surface area contributed by atoms with Crippen molar-refractivity contribution in [3.63, 3.8) is 0 Å². The number of methoxy groups -OCH3 is 1. The van der Waals surface area contributed by atoms with Gasteiger partial charge in [-0.3, -0.25) is 9.48 Å². The zero-order valence-corrected chi connectivity index (χ0v) is 10.1. The number of likely N-dealkylation sites (tertiary alicyclic amines) is 1. The van der Waals surface area contributed by atoms with Crippen LogP contribution in [0.4, 0.5) is 0 Å². The van der Waals surface area contributed by atoms with Crippen LogP contribution in [-0.4, -0.2) is 52.9 Å². The second-order valence-corrected chi connectivity index (χ2v) is 4.36. The molecule has 2 heterocycles. The van der Waals surface area contributed by atoms with E-state index in [1.165, 1.54) is 0 Å². The lowest BCUT2D eigenvalue weighted by atomic mass is 10.2. The quantitative estimate of drug-likeness (QED) is 0.779. The Morgan fingerprint density at radius 2 is 2.35 bits per heavy atom. The maximum Gasteiger partial charge on any atom is 0.239 e. The summed E-state index contributed by atoms with van der Waals surface area (Å²) < 4.78 is 7.25. The van der Waals surface area contributed by atoms with E-state index in [4.69, 9.17) is 10.5 Å². The lowest BCUT2D eigenvalue weighted by Gasteiger charge is -2.18. The van der Waals surface area contributed by atoms with Gasteiger partial charge in [0.1, 0.15) is 0 Å². The molecule has 0 aromatic carbocycles. The highest BCUT2D eigenvalue weighted by molar-refractivity contribution is 5.81. The van der Waals surface area contributed by atoms with Crippen LogP contribution in [0.25, 0.3) is 0 Å². The molecule has 6 heteroatoms. The topological polar surface area (TPSA) is 73.4 Å². The number of carbonyl (C=O) groups excluding carboxylic acids is 1. The lowest BCUT2D eigenvalue weighted by molar-refractivity contribution is -0.131. The largest absolute Gasteiger partial charge is 0.377 e. The lowest BCUT2D eigenvalue weighted by Crippen LogP contribution is -2.41. The first-order valence-electron chi connectivity index (χ1n) is 5.69. The second-order valence-electron chi connectivity index (χ2n) is 4.36. The average Bonchev–Trinajstić information content (AvgIpc) is 2.95. The van der Waals surface area contributed by atoms with Gasteiger partial charge in [0.15, 0.2) is 0 Å². The molecule has 2 rings (SSSR count). The van der Waals surface area contributed by atoms with Crippen molar-refractivity contribution in [1.29, 1.82) is 0 Å². The normalized spacial score (nSPS) is 26.2. The molecule has 1 aromatic heterocycles. The Bertz CT molecular complexity index is 377. The van der Waals surface area contributed by atoms with Crippen molar-refractivity contribution in [2.24, 2.45) is 5.73 Å². The smallest absolute Gasteiger partial charge is 0.239 e. The molecule has 0 spiro atoms. The molecule has 2 N–H and O–H groups in total. The van der Waals surface area contributed by atoms with Gasteiger partial charge in [-0.2, -0.15) is 5.10 Å². The monoisotopic (exact) mass is 238 g/mol. The van der Waals surface area contributed by atoms with Crippen molar-refractivity contribution in [1.82, 2.24) is 14.7 Å². The number of amides is 1. The first kappa shape index (κ1) is 12.1. The molecule has 3 atom stereocenters. The van der Waals surface area contributed by atoms with Gasteiger partial charge < -0.3 is 15.4 Å². The van der Waals surface area contributed by atoms with Gasteiger partial charge in [0.2, 0.25) is 5.91 Å². The van der Waals surface area contributed by atoms with Crippen LogP contribution in [0.2, 0.25) is 0 Å². The Hall–Kier alpha value is -1.40. The number of nitrogens with zero attached hydrogens (tertiary/aromatic N) is 3. The summed E-state index contributed by atoms with van der Waals surface area (Å²) >= 11 is 0. The zero-order chi connectivity index (χ0) is 12.4. The van der Waals surface area contributed by atoms with Gasteiger partial charge in [-0.25, -0.2) is 0 Å². The third-order valence-electron chi connectivity index (χ3n) is 3.11. The average molecular weight is 238 g/mol. The molecule has 1 aromatic rings. The fraction of sp³-hybridized carbons (Fsp3) is 0.636. The molecule has 0 bridgehead atoms. The molecular weight excluding hydrogens is 220 g/mol. The van der Waals surface area contributed by atoms with E-state index in [0.717, 1.165) is 0 Å². The van der Waals surface area contributed by atoms with Crippen molar-refractivity contribution in [3.8, 4) is 0 Å². The SMILES string of the molecule is CO[C@@H]1CN(C(=O)[C@@H](C)N)C[C@H]1n1cccn1. The highest BCUT2D eigenvalue weighted by Gasteiger charge is 2.37. The van der Waals surface area contributed by atoms with Crippen molar-refractivity contribution < 1.29 is 9.53 Å². The summed E-state index contributed by atoms with van der Waals surface area (Å²) in [6.45, 7) is 2.87. The number of carbonyl (C=O) groups is 1. The summed E-state index contributed by atoms with van der Waals surface area (Å²) in [5.41, 5.74) is 5.61. The molecule has 1 aliphatic heterocycles. The Labute approximate surface area is 100 Å². The van der Waals surface area contributed by atoms with Crippen LogP contribution < -0.4 is 5.73 Å². The molecule has 6 nitrogen and oxygen atoms in total. The predicted octanol–water partition coefficient (Wildman–Crippen LogP) is -0.371. The Morgan fingerprint density at radius 3 is 2.88 bits per heavy atom. The minimum Gasteiger partial charge on any atom is -0.377 e. The molecule has 0 radical (unpaired) electrons. The van der Waals surface area contributed by atoms with Crippen LogP contribution in [0, 0.1) is 0 Å².